The molecule has 7 nitrogen and oxygen atoms in total. The van der Waals surface area contributed by atoms with Crippen molar-refractivity contribution in [2.75, 3.05) is 33.2 Å². The van der Waals surface area contributed by atoms with E-state index in [1.807, 2.05) is 36.1 Å². The van der Waals surface area contributed by atoms with Crippen LogP contribution in [0.5, 0.6) is 0 Å². The molecule has 0 aliphatic carbocycles. The van der Waals surface area contributed by atoms with E-state index in [1.54, 1.807) is 0 Å². The fourth-order valence-corrected chi connectivity index (χ4v) is 4.65. The van der Waals surface area contributed by atoms with Gasteiger partial charge < -0.3 is 18.8 Å². The lowest BCUT2D eigenvalue weighted by Crippen LogP contribution is -2.34. The summed E-state index contributed by atoms with van der Waals surface area (Å²) in [6.07, 6.45) is 3.07. The van der Waals surface area contributed by atoms with Crippen LogP contribution in [0.25, 0.3) is 11.0 Å². The van der Waals surface area contributed by atoms with Crippen LogP contribution >= 0.6 is 0 Å². The van der Waals surface area contributed by atoms with Crippen LogP contribution in [0, 0.1) is 6.92 Å². The molecule has 0 bridgehead atoms. The van der Waals surface area contributed by atoms with Crippen LogP contribution in [-0.2, 0) is 13.0 Å². The molecule has 3 aromatic rings. The molecule has 2 aliphatic rings. The Morgan fingerprint density at radius 1 is 1.14 bits per heavy atom. The van der Waals surface area contributed by atoms with Gasteiger partial charge in [-0.05, 0) is 51.6 Å². The third-order valence-corrected chi connectivity index (χ3v) is 6.21. The summed E-state index contributed by atoms with van der Waals surface area (Å²) in [6, 6.07) is 7.84. The minimum atomic E-state index is -0.0449. The fraction of sp³-hybridized carbons (Fsp3) is 0.500. The maximum Gasteiger partial charge on any atom is 0.289 e. The summed E-state index contributed by atoms with van der Waals surface area (Å²) in [4.78, 5) is 17.3. The van der Waals surface area contributed by atoms with E-state index in [2.05, 4.69) is 26.7 Å². The molecule has 1 unspecified atom stereocenters. The van der Waals surface area contributed by atoms with Crippen molar-refractivity contribution < 1.29 is 9.21 Å². The molecule has 7 heteroatoms. The van der Waals surface area contributed by atoms with Crippen molar-refractivity contribution in [2.24, 2.45) is 0 Å². The number of hydrogen-bond acceptors (Lipinski definition) is 5. The summed E-state index contributed by atoms with van der Waals surface area (Å²) < 4.78 is 8.09. The topological polar surface area (TPSA) is 67.4 Å². The van der Waals surface area contributed by atoms with E-state index >= 15 is 0 Å². The standard InChI is InChI=1S/C22H27N5O2/c1-15-5-6-18-17(12-15)13-19(29-18)22(28)26-9-7-20-23-24-21(27(20)11-10-26)16-4-3-8-25(2)14-16/h5-6,12-13,16H,3-4,7-11,14H2,1-2H3. The quantitative estimate of drug-likeness (QED) is 0.670. The molecule has 1 fully saturated rings. The molecule has 1 amide bonds. The molecular weight excluding hydrogens is 366 g/mol. The highest BCUT2D eigenvalue weighted by Gasteiger charge is 2.29. The van der Waals surface area contributed by atoms with E-state index in [0.717, 1.165) is 60.7 Å². The molecule has 1 saturated heterocycles. The highest BCUT2D eigenvalue weighted by molar-refractivity contribution is 5.96. The maximum absolute atomic E-state index is 13.1. The summed E-state index contributed by atoms with van der Waals surface area (Å²) in [5, 5.41) is 9.96. The summed E-state index contributed by atoms with van der Waals surface area (Å²) in [6.45, 7) is 6.24. The average Bonchev–Trinajstić information content (AvgIpc) is 3.25. The SMILES string of the molecule is Cc1ccc2oc(C(=O)N3CCc4nnc(C5CCCN(C)C5)n4CC3)cc2c1. The highest BCUT2D eigenvalue weighted by atomic mass is 16.3. The van der Waals surface area contributed by atoms with Gasteiger partial charge >= 0.3 is 0 Å². The Balaban J connectivity index is 1.34. The number of hydrogen-bond donors (Lipinski definition) is 0. The second-order valence-electron chi connectivity index (χ2n) is 8.42. The van der Waals surface area contributed by atoms with Gasteiger partial charge in [0, 0.05) is 43.9 Å². The summed E-state index contributed by atoms with van der Waals surface area (Å²) in [5.41, 5.74) is 1.92. The molecule has 5 rings (SSSR count). The van der Waals surface area contributed by atoms with Crippen LogP contribution in [0.15, 0.2) is 28.7 Å². The lowest BCUT2D eigenvalue weighted by molar-refractivity contribution is 0.0729. The molecule has 152 valence electrons. The fourth-order valence-electron chi connectivity index (χ4n) is 4.65. The van der Waals surface area contributed by atoms with Gasteiger partial charge in [0.2, 0.25) is 0 Å². The molecule has 1 atom stereocenters. The molecule has 4 heterocycles. The zero-order chi connectivity index (χ0) is 20.0. The first-order valence-electron chi connectivity index (χ1n) is 10.5. The number of aromatic nitrogens is 3. The van der Waals surface area contributed by atoms with Crippen LogP contribution in [0.3, 0.4) is 0 Å². The number of carbonyl (C=O) groups is 1. The molecule has 29 heavy (non-hydrogen) atoms. The van der Waals surface area contributed by atoms with Gasteiger partial charge in [-0.15, -0.1) is 10.2 Å². The van der Waals surface area contributed by atoms with Gasteiger partial charge in [0.25, 0.3) is 5.91 Å². The van der Waals surface area contributed by atoms with Crippen molar-refractivity contribution in [1.29, 1.82) is 0 Å². The van der Waals surface area contributed by atoms with E-state index in [-0.39, 0.29) is 5.91 Å². The Bertz CT molecular complexity index is 1050. The van der Waals surface area contributed by atoms with Gasteiger partial charge in [-0.3, -0.25) is 4.79 Å². The molecule has 0 spiro atoms. The smallest absolute Gasteiger partial charge is 0.289 e. The zero-order valence-electron chi connectivity index (χ0n) is 17.1. The van der Waals surface area contributed by atoms with E-state index in [1.165, 1.54) is 6.42 Å². The molecule has 2 aromatic heterocycles. The Morgan fingerprint density at radius 3 is 2.90 bits per heavy atom. The Labute approximate surface area is 170 Å². The van der Waals surface area contributed by atoms with Crippen molar-refractivity contribution in [1.82, 2.24) is 24.6 Å². The van der Waals surface area contributed by atoms with E-state index in [0.29, 0.717) is 24.8 Å². The van der Waals surface area contributed by atoms with Gasteiger partial charge in [-0.25, -0.2) is 0 Å². The second-order valence-corrected chi connectivity index (χ2v) is 8.42. The zero-order valence-corrected chi connectivity index (χ0v) is 17.1. The number of benzene rings is 1. The number of likely N-dealkylation sites (N-methyl/N-ethyl adjacent to an activating group) is 1. The van der Waals surface area contributed by atoms with Gasteiger partial charge in [-0.1, -0.05) is 11.6 Å². The third-order valence-electron chi connectivity index (χ3n) is 6.21. The van der Waals surface area contributed by atoms with E-state index in [9.17, 15) is 4.79 Å². The van der Waals surface area contributed by atoms with Crippen LogP contribution < -0.4 is 0 Å². The first kappa shape index (κ1) is 18.4. The maximum atomic E-state index is 13.1. The first-order valence-corrected chi connectivity index (χ1v) is 10.5. The number of amides is 1. The van der Waals surface area contributed by atoms with Gasteiger partial charge in [0.15, 0.2) is 5.76 Å². The number of piperidine rings is 1. The van der Waals surface area contributed by atoms with Crippen LogP contribution in [0.2, 0.25) is 0 Å². The van der Waals surface area contributed by atoms with Crippen molar-refractivity contribution in [3.63, 3.8) is 0 Å². The minimum absolute atomic E-state index is 0.0449. The number of furan rings is 1. The van der Waals surface area contributed by atoms with E-state index in [4.69, 9.17) is 4.42 Å². The monoisotopic (exact) mass is 393 g/mol. The van der Waals surface area contributed by atoms with Crippen molar-refractivity contribution >= 4 is 16.9 Å². The van der Waals surface area contributed by atoms with Gasteiger partial charge in [0.1, 0.15) is 17.2 Å². The first-order chi connectivity index (χ1) is 14.1. The molecule has 0 N–H and O–H groups in total. The van der Waals surface area contributed by atoms with Crippen LogP contribution in [-0.4, -0.2) is 63.7 Å². The molecule has 0 saturated carbocycles. The average molecular weight is 393 g/mol. The normalized spacial score (nSPS) is 20.6. The van der Waals surface area contributed by atoms with Crippen molar-refractivity contribution in [3.05, 3.63) is 47.2 Å². The molecule has 2 aliphatic heterocycles. The number of rotatable bonds is 2. The van der Waals surface area contributed by atoms with Crippen LogP contribution in [0.1, 0.15) is 46.5 Å². The summed E-state index contributed by atoms with van der Waals surface area (Å²) >= 11 is 0. The van der Waals surface area contributed by atoms with Crippen molar-refractivity contribution in [3.8, 4) is 0 Å². The largest absolute Gasteiger partial charge is 0.451 e. The van der Waals surface area contributed by atoms with Crippen LogP contribution in [0.4, 0.5) is 0 Å². The molecular formula is C22H27N5O2. The van der Waals surface area contributed by atoms with Gasteiger partial charge in [-0.2, -0.15) is 0 Å². The predicted octanol–water partition coefficient (Wildman–Crippen LogP) is 2.84. The number of carbonyl (C=O) groups excluding carboxylic acids is 1. The number of aryl methyl sites for hydroxylation is 1. The number of nitrogens with zero attached hydrogens (tertiary/aromatic N) is 5. The Hall–Kier alpha value is -2.67. The third kappa shape index (κ3) is 3.44. The predicted molar refractivity (Wildman–Crippen MR) is 110 cm³/mol. The summed E-state index contributed by atoms with van der Waals surface area (Å²) in [7, 11) is 2.17. The molecule has 1 aromatic carbocycles. The Kier molecular flexibility index (Phi) is 4.62. The number of likely N-dealkylation sites (tertiary alicyclic amines) is 1. The Morgan fingerprint density at radius 2 is 2.03 bits per heavy atom. The lowest BCUT2D eigenvalue weighted by atomic mass is 9.97. The van der Waals surface area contributed by atoms with Crippen molar-refractivity contribution in [2.45, 2.75) is 38.6 Å². The van der Waals surface area contributed by atoms with Gasteiger partial charge in [0.05, 0.1) is 0 Å². The minimum Gasteiger partial charge on any atom is -0.451 e. The lowest BCUT2D eigenvalue weighted by Gasteiger charge is -2.29. The second kappa shape index (κ2) is 7.30. The highest BCUT2D eigenvalue weighted by Crippen LogP contribution is 2.27. The number of fused-ring (bicyclic) bond motifs is 2. The van der Waals surface area contributed by atoms with E-state index < -0.39 is 0 Å². The molecule has 0 radical (unpaired) electrons. The summed E-state index contributed by atoms with van der Waals surface area (Å²) in [5.74, 6) is 2.87.